The summed E-state index contributed by atoms with van der Waals surface area (Å²) in [5, 5.41) is 0. The van der Waals surface area contributed by atoms with Crippen molar-refractivity contribution in [1.82, 2.24) is 0 Å². The van der Waals surface area contributed by atoms with E-state index in [1.165, 1.54) is 0 Å². The second-order valence-corrected chi connectivity index (χ2v) is 6.58. The van der Waals surface area contributed by atoms with Crippen LogP contribution >= 0.6 is 0 Å². The van der Waals surface area contributed by atoms with Crippen molar-refractivity contribution in [2.45, 2.75) is 52.6 Å². The van der Waals surface area contributed by atoms with E-state index in [1.54, 1.807) is 0 Å². The molecule has 6 N–H and O–H groups in total. The number of nitrogens with two attached hydrogens (primary N) is 2. The van der Waals surface area contributed by atoms with Crippen LogP contribution in [-0.4, -0.2) is 19.4 Å². The average molecular weight is 264 g/mol. The molecule has 0 aliphatic carbocycles. The maximum atomic E-state index is 8.82. The van der Waals surface area contributed by atoms with Crippen LogP contribution in [0.4, 0.5) is 0 Å². The van der Waals surface area contributed by atoms with Gasteiger partial charge in [0.15, 0.2) is 0 Å². The molecule has 0 heterocycles. The Hall–Kier alpha value is -0.0275. The molecule has 0 bridgehead atoms. The summed E-state index contributed by atoms with van der Waals surface area (Å²) in [6, 6.07) is 0. The van der Waals surface area contributed by atoms with Crippen molar-refractivity contribution in [3.8, 4) is 0 Å². The summed E-state index contributed by atoms with van der Waals surface area (Å²) < 4.78 is 31.9. The Labute approximate surface area is 94.0 Å². The molecule has 7 heteroatoms. The van der Waals surface area contributed by atoms with Gasteiger partial charge in [-0.25, -0.2) is 0 Å². The molecule has 96 valence electrons. The Bertz CT molecular complexity index is 204. The maximum absolute atomic E-state index is 8.82. The van der Waals surface area contributed by atoms with Crippen LogP contribution in [0.3, 0.4) is 0 Å². The zero-order valence-electron chi connectivity index (χ0n) is 10.3. The van der Waals surface area contributed by atoms with E-state index in [1.807, 2.05) is 41.5 Å². The van der Waals surface area contributed by atoms with Crippen molar-refractivity contribution in [1.29, 1.82) is 0 Å². The quantitative estimate of drug-likeness (QED) is 0.492. The van der Waals surface area contributed by atoms with E-state index >= 15 is 0 Å². The van der Waals surface area contributed by atoms with Crippen LogP contribution in [0.1, 0.15) is 41.5 Å². The van der Waals surface area contributed by atoms with Crippen LogP contribution < -0.4 is 11.5 Å². The molecule has 0 aromatic carbocycles. The zero-order valence-corrected chi connectivity index (χ0v) is 11.5. The molecule has 15 heavy (non-hydrogen) atoms. The van der Waals surface area contributed by atoms with Crippen molar-refractivity contribution >= 4 is 0 Å². The third kappa shape index (κ3) is 2640000. The standard InChI is InChI=1S/2C4H11N.Cr.2H2O.2O/c2*1-4(2,3)5;;;;;/h2*5H2,1-3H3;;2*1H2;;/q;;+2;;;;/p-2. The van der Waals surface area contributed by atoms with Gasteiger partial charge >= 0.3 is 29.5 Å². The van der Waals surface area contributed by atoms with Gasteiger partial charge in [0.25, 0.3) is 0 Å². The van der Waals surface area contributed by atoms with E-state index in [4.69, 9.17) is 27.4 Å². The van der Waals surface area contributed by atoms with Gasteiger partial charge in [0.2, 0.25) is 0 Å². The fraction of sp³-hybridized carbons (Fsp3) is 1.00. The third-order valence-corrected chi connectivity index (χ3v) is 0. The topological polar surface area (TPSA) is 127 Å². The summed E-state index contributed by atoms with van der Waals surface area (Å²) in [6.45, 7) is 11.8. The first-order valence-corrected chi connectivity index (χ1v) is 6.46. The van der Waals surface area contributed by atoms with Crippen LogP contribution in [0.25, 0.3) is 0 Å². The van der Waals surface area contributed by atoms with E-state index in [2.05, 4.69) is 0 Å². The Morgan fingerprint density at radius 3 is 0.800 bits per heavy atom. The van der Waals surface area contributed by atoms with Gasteiger partial charge in [0.1, 0.15) is 0 Å². The molecule has 0 radical (unpaired) electrons. The summed E-state index contributed by atoms with van der Waals surface area (Å²) >= 11 is -5.25. The normalized spacial score (nSPS) is 11.9. The van der Waals surface area contributed by atoms with Gasteiger partial charge in [0, 0.05) is 11.1 Å². The first kappa shape index (κ1) is 20.4. The minimum atomic E-state index is -5.25. The fourth-order valence-electron chi connectivity index (χ4n) is 0. The second-order valence-electron chi connectivity index (χ2n) is 5.18. The van der Waals surface area contributed by atoms with Crippen LogP contribution in [-0.2, 0) is 21.2 Å². The molecule has 0 aliphatic heterocycles. The molecule has 0 aliphatic rings. The number of hydrogen-bond donors (Lipinski definition) is 4. The second kappa shape index (κ2) is 7.28. The van der Waals surface area contributed by atoms with Gasteiger partial charge in [-0.1, -0.05) is 0 Å². The molecule has 0 spiro atoms. The molecule has 0 amide bonds. The van der Waals surface area contributed by atoms with Gasteiger partial charge in [-0.3, -0.25) is 0 Å². The van der Waals surface area contributed by atoms with Gasteiger partial charge in [-0.2, -0.15) is 0 Å². The predicted octanol–water partition coefficient (Wildman–Crippen LogP) is 0.133. The molecule has 0 atom stereocenters. The van der Waals surface area contributed by atoms with Gasteiger partial charge in [-0.15, -0.1) is 0 Å². The molecule has 0 saturated heterocycles. The Morgan fingerprint density at radius 1 is 0.800 bits per heavy atom. The molecular formula is C8H24CrN2O4. The summed E-state index contributed by atoms with van der Waals surface area (Å²) in [5.74, 6) is 0. The SMILES string of the molecule is CC(C)(C)N.CC(C)(C)N.[O]=[Cr](=[O])([OH])[OH]. The van der Waals surface area contributed by atoms with Crippen LogP contribution in [0.15, 0.2) is 0 Å². The van der Waals surface area contributed by atoms with Crippen molar-refractivity contribution in [2.75, 3.05) is 0 Å². The van der Waals surface area contributed by atoms with E-state index in [-0.39, 0.29) is 11.1 Å². The first-order valence-electron chi connectivity index (χ1n) is 4.28. The average Bonchev–Trinajstić information content (AvgIpc) is 1.41. The predicted molar refractivity (Wildman–Crippen MR) is 53.7 cm³/mol. The van der Waals surface area contributed by atoms with E-state index in [0.717, 1.165) is 0 Å². The zero-order chi connectivity index (χ0) is 13.5. The summed E-state index contributed by atoms with van der Waals surface area (Å²) in [5.41, 5.74) is 10.7. The van der Waals surface area contributed by atoms with Gasteiger partial charge < -0.3 is 11.5 Å². The summed E-state index contributed by atoms with van der Waals surface area (Å²) in [6.07, 6.45) is 0. The molecule has 0 aromatic heterocycles. The minimum absolute atomic E-state index is 0. The molecular weight excluding hydrogens is 240 g/mol. The van der Waals surface area contributed by atoms with Crippen LogP contribution in [0.5, 0.6) is 0 Å². The molecule has 0 fully saturated rings. The molecule has 0 aromatic rings. The van der Waals surface area contributed by atoms with Gasteiger partial charge in [0.05, 0.1) is 0 Å². The first-order chi connectivity index (χ1) is 6.00. The van der Waals surface area contributed by atoms with E-state index < -0.39 is 13.6 Å². The van der Waals surface area contributed by atoms with Crippen molar-refractivity contribution in [2.24, 2.45) is 11.5 Å². The molecule has 0 saturated carbocycles. The molecule has 0 unspecified atom stereocenters. The Morgan fingerprint density at radius 2 is 0.800 bits per heavy atom. The fourth-order valence-corrected chi connectivity index (χ4v) is 0. The Kier molecular flexibility index (Phi) is 9.90. The van der Waals surface area contributed by atoms with Crippen LogP contribution in [0, 0.1) is 0 Å². The summed E-state index contributed by atoms with van der Waals surface area (Å²) in [4.78, 5) is 0. The van der Waals surface area contributed by atoms with Crippen LogP contribution in [0.2, 0.25) is 0 Å². The molecule has 6 nitrogen and oxygen atoms in total. The van der Waals surface area contributed by atoms with E-state index in [0.29, 0.717) is 0 Å². The van der Waals surface area contributed by atoms with E-state index in [9.17, 15) is 0 Å². The Balaban J connectivity index is -0.000000144. The van der Waals surface area contributed by atoms with Crippen molar-refractivity contribution in [3.05, 3.63) is 0 Å². The monoisotopic (exact) mass is 264 g/mol. The number of rotatable bonds is 0. The van der Waals surface area contributed by atoms with Gasteiger partial charge in [-0.05, 0) is 41.5 Å². The third-order valence-electron chi connectivity index (χ3n) is 0. The van der Waals surface area contributed by atoms with Crippen molar-refractivity contribution < 1.29 is 29.5 Å². The number of hydrogen-bond acceptors (Lipinski definition) is 4. The van der Waals surface area contributed by atoms with Crippen molar-refractivity contribution in [3.63, 3.8) is 0 Å². The summed E-state index contributed by atoms with van der Waals surface area (Å²) in [7, 11) is 0. The molecule has 0 rings (SSSR count).